The molecule has 2 aromatic heterocycles. The number of nitrogens with one attached hydrogen (secondary N) is 2. The molecule has 0 radical (unpaired) electrons. The molecular formula is C19H22N3+. The molecule has 22 heavy (non-hydrogen) atoms. The van der Waals surface area contributed by atoms with Crippen LogP contribution in [0, 0.1) is 0 Å². The highest BCUT2D eigenvalue weighted by molar-refractivity contribution is 5.82. The van der Waals surface area contributed by atoms with Gasteiger partial charge < -0.3 is 9.88 Å². The van der Waals surface area contributed by atoms with Crippen molar-refractivity contribution in [2.75, 3.05) is 6.54 Å². The van der Waals surface area contributed by atoms with Gasteiger partial charge in [0.15, 0.2) is 0 Å². The lowest BCUT2D eigenvalue weighted by Crippen LogP contribution is -3.11. The Balaban J connectivity index is 1.62. The first-order valence-electron chi connectivity index (χ1n) is 8.21. The van der Waals surface area contributed by atoms with E-state index in [4.69, 9.17) is 0 Å². The molecule has 112 valence electrons. The van der Waals surface area contributed by atoms with Crippen molar-refractivity contribution in [1.82, 2.24) is 9.97 Å². The van der Waals surface area contributed by atoms with Gasteiger partial charge in [0.2, 0.25) is 0 Å². The largest absolute Gasteiger partial charge is 0.361 e. The van der Waals surface area contributed by atoms with Crippen molar-refractivity contribution in [3.63, 3.8) is 0 Å². The Kier molecular flexibility index (Phi) is 3.65. The fraction of sp³-hybridized carbons (Fsp3) is 0.316. The summed E-state index contributed by atoms with van der Waals surface area (Å²) in [5, 5.41) is 1.37. The highest BCUT2D eigenvalue weighted by atomic mass is 15.2. The number of aromatic amines is 1. The van der Waals surface area contributed by atoms with E-state index in [0.29, 0.717) is 6.04 Å². The topological polar surface area (TPSA) is 33.1 Å². The normalized spacial score (nSPS) is 22.0. The van der Waals surface area contributed by atoms with Crippen LogP contribution in [0.15, 0.2) is 55.0 Å². The number of H-pyrrole nitrogens is 1. The van der Waals surface area contributed by atoms with Crippen LogP contribution in [0.5, 0.6) is 0 Å². The molecule has 3 heterocycles. The number of piperidine rings is 1. The molecule has 2 atom stereocenters. The summed E-state index contributed by atoms with van der Waals surface area (Å²) in [6.45, 7) is 2.34. The monoisotopic (exact) mass is 292 g/mol. The zero-order valence-electron chi connectivity index (χ0n) is 12.8. The molecule has 0 saturated carbocycles. The minimum Gasteiger partial charge on any atom is -0.361 e. The van der Waals surface area contributed by atoms with Crippen LogP contribution in [-0.4, -0.2) is 16.5 Å². The number of aromatic nitrogens is 2. The number of pyridine rings is 1. The van der Waals surface area contributed by atoms with E-state index < -0.39 is 0 Å². The molecule has 0 spiro atoms. The molecular weight excluding hydrogens is 270 g/mol. The van der Waals surface area contributed by atoms with Gasteiger partial charge in [-0.15, -0.1) is 0 Å². The highest BCUT2D eigenvalue weighted by Crippen LogP contribution is 2.21. The van der Waals surface area contributed by atoms with Crippen molar-refractivity contribution < 1.29 is 4.90 Å². The third-order valence-electron chi connectivity index (χ3n) is 4.91. The summed E-state index contributed by atoms with van der Waals surface area (Å²) in [5.74, 6) is 0. The number of likely N-dealkylation sites (tertiary alicyclic amines) is 1. The zero-order chi connectivity index (χ0) is 14.8. The van der Waals surface area contributed by atoms with Gasteiger partial charge >= 0.3 is 0 Å². The smallest absolute Gasteiger partial charge is 0.115 e. The van der Waals surface area contributed by atoms with Crippen molar-refractivity contribution in [2.24, 2.45) is 0 Å². The first-order valence-corrected chi connectivity index (χ1v) is 8.21. The first kappa shape index (κ1) is 13.5. The fourth-order valence-electron chi connectivity index (χ4n) is 3.80. The van der Waals surface area contributed by atoms with Crippen LogP contribution < -0.4 is 4.90 Å². The van der Waals surface area contributed by atoms with E-state index in [2.05, 4.69) is 52.6 Å². The number of para-hydroxylation sites is 1. The molecule has 3 aromatic rings. The van der Waals surface area contributed by atoms with E-state index >= 15 is 0 Å². The van der Waals surface area contributed by atoms with Gasteiger partial charge in [0.05, 0.1) is 6.54 Å². The second-order valence-corrected chi connectivity index (χ2v) is 6.28. The molecule has 1 aliphatic heterocycles. The average molecular weight is 292 g/mol. The Hall–Kier alpha value is -2.13. The molecule has 0 bridgehead atoms. The summed E-state index contributed by atoms with van der Waals surface area (Å²) < 4.78 is 0. The molecule has 0 amide bonds. The summed E-state index contributed by atoms with van der Waals surface area (Å²) in [6, 6.07) is 13.5. The van der Waals surface area contributed by atoms with Crippen LogP contribution in [-0.2, 0) is 6.54 Å². The molecule has 1 unspecified atom stereocenters. The number of hydrogen-bond donors (Lipinski definition) is 2. The van der Waals surface area contributed by atoms with Gasteiger partial charge in [-0.2, -0.15) is 0 Å². The number of benzene rings is 1. The summed E-state index contributed by atoms with van der Waals surface area (Å²) in [5.41, 5.74) is 4.06. The molecule has 3 nitrogen and oxygen atoms in total. The van der Waals surface area contributed by atoms with Gasteiger partial charge in [0.1, 0.15) is 12.6 Å². The zero-order valence-corrected chi connectivity index (χ0v) is 12.8. The van der Waals surface area contributed by atoms with Crippen LogP contribution in [0.4, 0.5) is 0 Å². The van der Waals surface area contributed by atoms with Crippen LogP contribution in [0.2, 0.25) is 0 Å². The van der Waals surface area contributed by atoms with Crippen molar-refractivity contribution in [3.8, 4) is 0 Å². The molecule has 1 saturated heterocycles. The molecule has 1 aromatic carbocycles. The Morgan fingerprint density at radius 3 is 3.00 bits per heavy atom. The van der Waals surface area contributed by atoms with Crippen molar-refractivity contribution in [1.29, 1.82) is 0 Å². The third kappa shape index (κ3) is 2.53. The van der Waals surface area contributed by atoms with Gasteiger partial charge in [-0.1, -0.05) is 24.3 Å². The van der Waals surface area contributed by atoms with Crippen LogP contribution >= 0.6 is 0 Å². The maximum absolute atomic E-state index is 4.32. The fourth-order valence-corrected chi connectivity index (χ4v) is 3.80. The number of rotatable bonds is 3. The molecule has 4 rings (SSSR count). The molecule has 1 fully saturated rings. The van der Waals surface area contributed by atoms with E-state index in [9.17, 15) is 0 Å². The lowest BCUT2D eigenvalue weighted by atomic mass is 9.96. The number of quaternary nitrogens is 1. The minimum absolute atomic E-state index is 0.580. The number of hydrogen-bond acceptors (Lipinski definition) is 1. The first-order chi connectivity index (χ1) is 10.9. The van der Waals surface area contributed by atoms with Gasteiger partial charge in [0.25, 0.3) is 0 Å². The van der Waals surface area contributed by atoms with Gasteiger partial charge in [-0.3, -0.25) is 4.98 Å². The van der Waals surface area contributed by atoms with Crippen LogP contribution in [0.1, 0.15) is 36.4 Å². The Morgan fingerprint density at radius 1 is 1.14 bits per heavy atom. The Bertz CT molecular complexity index is 747. The minimum atomic E-state index is 0.580. The van der Waals surface area contributed by atoms with Gasteiger partial charge in [-0.05, 0) is 25.0 Å². The maximum atomic E-state index is 4.32. The summed E-state index contributed by atoms with van der Waals surface area (Å²) in [6.07, 6.45) is 10.0. The summed E-state index contributed by atoms with van der Waals surface area (Å²) >= 11 is 0. The summed E-state index contributed by atoms with van der Waals surface area (Å²) in [7, 11) is 0. The van der Waals surface area contributed by atoms with Crippen molar-refractivity contribution in [2.45, 2.75) is 31.8 Å². The van der Waals surface area contributed by atoms with E-state index in [1.54, 1.807) is 4.90 Å². The molecule has 0 aliphatic carbocycles. The van der Waals surface area contributed by atoms with Crippen molar-refractivity contribution >= 4 is 10.9 Å². The maximum Gasteiger partial charge on any atom is 0.115 e. The quantitative estimate of drug-likeness (QED) is 0.764. The lowest BCUT2D eigenvalue weighted by molar-refractivity contribution is -0.950. The molecule has 2 N–H and O–H groups in total. The Labute approximate surface area is 131 Å². The average Bonchev–Trinajstić information content (AvgIpc) is 2.99. The van der Waals surface area contributed by atoms with E-state index in [0.717, 1.165) is 6.54 Å². The molecule has 3 heteroatoms. The third-order valence-corrected chi connectivity index (χ3v) is 4.91. The number of fused-ring (bicyclic) bond motifs is 1. The highest BCUT2D eigenvalue weighted by Gasteiger charge is 2.28. The SMILES string of the molecule is c1cncc([C@H]2CCCC[NH+]2Cc2c[nH]c3ccccc23)c1. The summed E-state index contributed by atoms with van der Waals surface area (Å²) in [4.78, 5) is 9.40. The van der Waals surface area contributed by atoms with Gasteiger partial charge in [-0.25, -0.2) is 0 Å². The van der Waals surface area contributed by atoms with Crippen LogP contribution in [0.25, 0.3) is 10.9 Å². The van der Waals surface area contributed by atoms with E-state index in [1.165, 1.54) is 47.8 Å². The predicted octanol–water partition coefficient (Wildman–Crippen LogP) is 2.87. The predicted molar refractivity (Wildman–Crippen MR) is 88.7 cm³/mol. The van der Waals surface area contributed by atoms with Crippen LogP contribution in [0.3, 0.4) is 0 Å². The van der Waals surface area contributed by atoms with E-state index in [1.807, 2.05) is 12.4 Å². The van der Waals surface area contributed by atoms with E-state index in [-0.39, 0.29) is 0 Å². The standard InChI is InChI=1S/C19H21N3/c1-2-8-18-17(7-1)16(13-21-18)14-22-11-4-3-9-19(22)15-6-5-10-20-12-15/h1-2,5-8,10,12-13,19,21H,3-4,9,11,14H2/p+1/t19-/m1/s1. The second-order valence-electron chi connectivity index (χ2n) is 6.28. The van der Waals surface area contributed by atoms with Crippen molar-refractivity contribution in [3.05, 3.63) is 66.1 Å². The molecule has 1 aliphatic rings. The second kappa shape index (κ2) is 5.93. The van der Waals surface area contributed by atoms with Gasteiger partial charge in [0, 0.05) is 47.0 Å². The Morgan fingerprint density at radius 2 is 2.09 bits per heavy atom. The number of nitrogens with zero attached hydrogens (tertiary/aromatic N) is 1. The lowest BCUT2D eigenvalue weighted by Gasteiger charge is -2.32.